The van der Waals surface area contributed by atoms with Gasteiger partial charge in [-0.15, -0.1) is 0 Å². The van der Waals surface area contributed by atoms with Crippen LogP contribution in [0.4, 0.5) is 5.69 Å². The Kier molecular flexibility index (Phi) is 4.54. The third-order valence-corrected chi connectivity index (χ3v) is 4.93. The number of anilines is 1. The summed E-state index contributed by atoms with van der Waals surface area (Å²) in [5.41, 5.74) is 1.50. The van der Waals surface area contributed by atoms with Gasteiger partial charge >= 0.3 is 0 Å². The Balaban J connectivity index is 1.95. The summed E-state index contributed by atoms with van der Waals surface area (Å²) in [5.74, 6) is -0.168. The van der Waals surface area contributed by atoms with Crippen LogP contribution in [0, 0.1) is 0 Å². The van der Waals surface area contributed by atoms with E-state index < -0.39 is 0 Å². The summed E-state index contributed by atoms with van der Waals surface area (Å²) in [4.78, 5) is 14.6. The maximum absolute atomic E-state index is 12.6. The van der Waals surface area contributed by atoms with Gasteiger partial charge in [0.15, 0.2) is 4.32 Å². The average molecular weight is 366 g/mol. The van der Waals surface area contributed by atoms with Crippen LogP contribution in [0.5, 0.6) is 0 Å². The van der Waals surface area contributed by atoms with Gasteiger partial charge in [0.2, 0.25) is 0 Å². The fraction of sp³-hybridized carbons (Fsp3) is 0. The van der Waals surface area contributed by atoms with Crippen LogP contribution >= 0.6 is 47.2 Å². The predicted octanol–water partition coefficient (Wildman–Crippen LogP) is 5.40. The lowest BCUT2D eigenvalue weighted by molar-refractivity contribution is -0.113. The Morgan fingerprint density at radius 3 is 2.41 bits per heavy atom. The molecule has 0 spiro atoms. The molecule has 1 aliphatic rings. The number of hydrogen-bond donors (Lipinski definition) is 0. The van der Waals surface area contributed by atoms with Gasteiger partial charge in [0.05, 0.1) is 15.6 Å². The highest BCUT2D eigenvalue weighted by molar-refractivity contribution is 8.27. The van der Waals surface area contributed by atoms with Crippen LogP contribution < -0.4 is 4.90 Å². The largest absolute Gasteiger partial charge is 0.270 e. The number of carbonyl (C=O) groups excluding carboxylic acids is 1. The van der Waals surface area contributed by atoms with E-state index in [1.54, 1.807) is 30.3 Å². The second-order valence-corrected chi connectivity index (χ2v) is 7.04. The molecule has 0 N–H and O–H groups in total. The van der Waals surface area contributed by atoms with Crippen molar-refractivity contribution in [2.24, 2.45) is 0 Å². The van der Waals surface area contributed by atoms with Crippen LogP contribution in [0.15, 0.2) is 53.4 Å². The first-order valence-corrected chi connectivity index (χ1v) is 8.32. The summed E-state index contributed by atoms with van der Waals surface area (Å²) in [6.07, 6.45) is 1.80. The molecule has 2 aromatic carbocycles. The van der Waals surface area contributed by atoms with Gasteiger partial charge in [0.1, 0.15) is 0 Å². The van der Waals surface area contributed by atoms with Crippen molar-refractivity contribution in [3.8, 4) is 0 Å². The number of nitrogens with zero attached hydrogens (tertiary/aromatic N) is 1. The molecule has 1 heterocycles. The lowest BCUT2D eigenvalue weighted by Crippen LogP contribution is -2.27. The van der Waals surface area contributed by atoms with Crippen molar-refractivity contribution in [1.82, 2.24) is 0 Å². The third kappa shape index (κ3) is 3.06. The molecule has 22 heavy (non-hydrogen) atoms. The van der Waals surface area contributed by atoms with Gasteiger partial charge in [-0.25, -0.2) is 0 Å². The molecule has 2 nitrogen and oxygen atoms in total. The molecular weight excluding hydrogens is 357 g/mol. The Bertz CT molecular complexity index is 787. The summed E-state index contributed by atoms with van der Waals surface area (Å²) in [6.45, 7) is 0. The van der Waals surface area contributed by atoms with Gasteiger partial charge in [-0.05, 0) is 35.9 Å². The molecular formula is C16H9Cl2NOS2. The van der Waals surface area contributed by atoms with Gasteiger partial charge in [-0.3, -0.25) is 9.69 Å². The fourth-order valence-corrected chi connectivity index (χ4v) is 3.65. The van der Waals surface area contributed by atoms with Gasteiger partial charge in [0.25, 0.3) is 5.91 Å². The average Bonchev–Trinajstić information content (AvgIpc) is 2.77. The van der Waals surface area contributed by atoms with E-state index >= 15 is 0 Å². The van der Waals surface area contributed by atoms with E-state index in [-0.39, 0.29) is 5.91 Å². The molecule has 0 saturated carbocycles. The molecule has 0 unspecified atom stereocenters. The molecule has 0 bridgehead atoms. The third-order valence-electron chi connectivity index (χ3n) is 3.05. The van der Waals surface area contributed by atoms with Gasteiger partial charge in [0, 0.05) is 5.02 Å². The van der Waals surface area contributed by atoms with Crippen LogP contribution in [-0.2, 0) is 4.79 Å². The zero-order valence-corrected chi connectivity index (χ0v) is 14.3. The molecule has 0 aromatic heterocycles. The summed E-state index contributed by atoms with van der Waals surface area (Å²) in [7, 11) is 0. The van der Waals surface area contributed by atoms with Crippen LogP contribution in [0.1, 0.15) is 5.56 Å². The van der Waals surface area contributed by atoms with Crippen LogP contribution in [0.3, 0.4) is 0 Å². The molecule has 0 radical (unpaired) electrons. The Morgan fingerprint density at radius 2 is 1.73 bits per heavy atom. The molecule has 0 aliphatic carbocycles. The number of thioether (sulfide) groups is 1. The van der Waals surface area contributed by atoms with Crippen LogP contribution in [0.25, 0.3) is 6.08 Å². The van der Waals surface area contributed by atoms with Crippen molar-refractivity contribution < 1.29 is 4.79 Å². The molecule has 2 aromatic rings. The number of hydrogen-bond acceptors (Lipinski definition) is 3. The molecule has 1 amide bonds. The number of thiocarbonyl (C=S) groups is 1. The van der Waals surface area contributed by atoms with E-state index in [1.165, 1.54) is 16.7 Å². The quantitative estimate of drug-likeness (QED) is 0.524. The van der Waals surface area contributed by atoms with E-state index in [1.807, 2.05) is 24.3 Å². The molecule has 3 rings (SSSR count). The van der Waals surface area contributed by atoms with Crippen molar-refractivity contribution >= 4 is 69.2 Å². The molecule has 110 valence electrons. The second kappa shape index (κ2) is 6.42. The number of para-hydroxylation sites is 1. The first-order chi connectivity index (χ1) is 10.6. The smallest absolute Gasteiger partial charge is 0.268 e. The lowest BCUT2D eigenvalue weighted by atomic mass is 10.2. The molecule has 1 saturated heterocycles. The number of amides is 1. The zero-order valence-electron chi connectivity index (χ0n) is 11.1. The highest BCUT2D eigenvalue weighted by Gasteiger charge is 2.34. The van der Waals surface area contributed by atoms with E-state index in [4.69, 9.17) is 35.4 Å². The van der Waals surface area contributed by atoms with Crippen molar-refractivity contribution in [2.75, 3.05) is 4.90 Å². The minimum atomic E-state index is -0.168. The number of benzene rings is 2. The normalized spacial score (nSPS) is 16.6. The Morgan fingerprint density at radius 1 is 1.05 bits per heavy atom. The van der Waals surface area contributed by atoms with Crippen molar-refractivity contribution in [3.63, 3.8) is 0 Å². The first kappa shape index (κ1) is 15.6. The molecule has 1 fully saturated rings. The Labute approximate surface area is 147 Å². The number of carbonyl (C=O) groups is 1. The van der Waals surface area contributed by atoms with Crippen molar-refractivity contribution in [2.45, 2.75) is 0 Å². The predicted molar refractivity (Wildman–Crippen MR) is 98.6 cm³/mol. The highest BCUT2D eigenvalue weighted by atomic mass is 35.5. The number of rotatable bonds is 2. The van der Waals surface area contributed by atoms with Crippen molar-refractivity contribution in [1.29, 1.82) is 0 Å². The first-order valence-electron chi connectivity index (χ1n) is 6.34. The van der Waals surface area contributed by atoms with Gasteiger partial charge in [-0.2, -0.15) is 0 Å². The fourth-order valence-electron chi connectivity index (χ4n) is 2.02. The summed E-state index contributed by atoms with van der Waals surface area (Å²) in [6, 6.07) is 14.4. The van der Waals surface area contributed by atoms with E-state index in [2.05, 4.69) is 0 Å². The second-order valence-electron chi connectivity index (χ2n) is 4.52. The standard InChI is InChI=1S/C16H9Cl2NOS2/c17-11-7-5-10(6-8-11)9-14-15(20)19(16(21)22-14)13-4-2-1-3-12(13)18/h1-9H. The maximum Gasteiger partial charge on any atom is 0.270 e. The van der Waals surface area contributed by atoms with Crippen LogP contribution in [0.2, 0.25) is 10.0 Å². The monoisotopic (exact) mass is 365 g/mol. The molecule has 0 atom stereocenters. The van der Waals surface area contributed by atoms with Gasteiger partial charge < -0.3 is 0 Å². The van der Waals surface area contributed by atoms with E-state index in [0.717, 1.165) is 5.56 Å². The van der Waals surface area contributed by atoms with Gasteiger partial charge in [-0.1, -0.05) is 71.4 Å². The zero-order chi connectivity index (χ0) is 15.7. The highest BCUT2D eigenvalue weighted by Crippen LogP contribution is 2.38. The number of halogens is 2. The SMILES string of the molecule is O=C1C(=Cc2ccc(Cl)cc2)SC(=S)N1c1ccccc1Cl. The summed E-state index contributed by atoms with van der Waals surface area (Å²) < 4.78 is 0.471. The molecule has 6 heteroatoms. The minimum absolute atomic E-state index is 0.168. The molecule has 1 aliphatic heterocycles. The van der Waals surface area contributed by atoms with Crippen molar-refractivity contribution in [3.05, 3.63) is 69.0 Å². The Hall–Kier alpha value is -1.33. The van der Waals surface area contributed by atoms with E-state index in [0.29, 0.717) is 25.0 Å². The van der Waals surface area contributed by atoms with E-state index in [9.17, 15) is 4.79 Å². The summed E-state index contributed by atoms with van der Waals surface area (Å²) in [5, 5.41) is 1.15. The topological polar surface area (TPSA) is 20.3 Å². The van der Waals surface area contributed by atoms with Crippen LogP contribution in [-0.4, -0.2) is 10.2 Å². The minimum Gasteiger partial charge on any atom is -0.268 e. The summed E-state index contributed by atoms with van der Waals surface area (Å²) >= 11 is 18.6. The lowest BCUT2D eigenvalue weighted by Gasteiger charge is -2.15. The maximum atomic E-state index is 12.6.